The smallest absolute Gasteiger partial charge is 0.254 e. The van der Waals surface area contributed by atoms with Gasteiger partial charge in [0.1, 0.15) is 0 Å². The predicted molar refractivity (Wildman–Crippen MR) is 146 cm³/mol. The van der Waals surface area contributed by atoms with Crippen LogP contribution in [0.15, 0.2) is 48.0 Å². The lowest BCUT2D eigenvalue weighted by Gasteiger charge is -2.33. The summed E-state index contributed by atoms with van der Waals surface area (Å²) in [4.78, 5) is 18.3. The number of carbonyl (C=O) groups is 1. The van der Waals surface area contributed by atoms with E-state index in [0.717, 1.165) is 36.6 Å². The second kappa shape index (κ2) is 13.9. The summed E-state index contributed by atoms with van der Waals surface area (Å²) in [7, 11) is 4.70. The van der Waals surface area contributed by atoms with Gasteiger partial charge in [-0.15, -0.1) is 0 Å². The summed E-state index contributed by atoms with van der Waals surface area (Å²) in [5.41, 5.74) is 2.79. The Morgan fingerprint density at radius 2 is 1.78 bits per heavy atom. The number of likely N-dealkylation sites (tertiary alicyclic amines) is 1. The minimum absolute atomic E-state index is 0.0415. The average Bonchev–Trinajstić information content (AvgIpc) is 2.91. The topological polar surface area (TPSA) is 51.2 Å². The van der Waals surface area contributed by atoms with Crippen molar-refractivity contribution in [2.24, 2.45) is 5.92 Å². The van der Waals surface area contributed by atoms with Crippen LogP contribution in [-0.2, 0) is 0 Å². The van der Waals surface area contributed by atoms with Crippen molar-refractivity contribution in [2.75, 3.05) is 54.1 Å². The molecule has 0 spiro atoms. The van der Waals surface area contributed by atoms with E-state index in [2.05, 4.69) is 37.0 Å². The third kappa shape index (κ3) is 7.50. The van der Waals surface area contributed by atoms with Crippen molar-refractivity contribution < 1.29 is 19.0 Å². The highest BCUT2D eigenvalue weighted by Gasteiger charge is 2.23. The molecular weight excluding hydrogens is 452 g/mol. The minimum atomic E-state index is -0.0415. The summed E-state index contributed by atoms with van der Waals surface area (Å²) in [6, 6.07) is 13.7. The fraction of sp³-hybridized carbons (Fsp3) is 0.500. The molecule has 0 aromatic heterocycles. The molecule has 1 unspecified atom stereocenters. The van der Waals surface area contributed by atoms with E-state index in [1.807, 2.05) is 23.1 Å². The molecule has 1 atom stereocenters. The van der Waals surface area contributed by atoms with Crippen LogP contribution in [0.3, 0.4) is 0 Å². The molecule has 2 aromatic rings. The van der Waals surface area contributed by atoms with E-state index in [4.69, 9.17) is 14.2 Å². The predicted octanol–water partition coefficient (Wildman–Crippen LogP) is 5.77. The zero-order chi connectivity index (χ0) is 25.9. The number of hydrogen-bond donors (Lipinski definition) is 0. The molecule has 1 aliphatic rings. The van der Waals surface area contributed by atoms with Crippen molar-refractivity contribution in [3.63, 3.8) is 0 Å². The number of benzene rings is 2. The summed E-state index contributed by atoms with van der Waals surface area (Å²) in [6.07, 6.45) is 6.93. The molecule has 3 rings (SSSR count). The standard InChI is InChI=1S/C30H42N2O4/c1-6-24-14-10-15-31(22-24)16-11-17-32(21-23(2)18-25-12-8-7-9-13-25)30(33)26-19-27(34-3)29(36-5)28(20-26)35-4/h7-9,12-13,18-20,24H,6,10-11,14-17,21-22H2,1-5H3/b23-18+. The first-order valence-electron chi connectivity index (χ1n) is 13.0. The number of carbonyl (C=O) groups excluding carboxylic acids is 1. The molecule has 1 saturated heterocycles. The number of amides is 1. The van der Waals surface area contributed by atoms with Gasteiger partial charge in [-0.05, 0) is 62.9 Å². The van der Waals surface area contributed by atoms with Crippen LogP contribution in [0.5, 0.6) is 17.2 Å². The number of nitrogens with zero attached hydrogens (tertiary/aromatic N) is 2. The molecule has 1 aliphatic heterocycles. The van der Waals surface area contributed by atoms with Crippen LogP contribution < -0.4 is 14.2 Å². The maximum Gasteiger partial charge on any atom is 0.254 e. The highest BCUT2D eigenvalue weighted by atomic mass is 16.5. The van der Waals surface area contributed by atoms with Crippen molar-refractivity contribution in [3.8, 4) is 17.2 Å². The van der Waals surface area contributed by atoms with E-state index < -0.39 is 0 Å². The molecule has 0 saturated carbocycles. The monoisotopic (exact) mass is 494 g/mol. The highest BCUT2D eigenvalue weighted by Crippen LogP contribution is 2.38. The Kier molecular flexibility index (Phi) is 10.7. The number of methoxy groups -OCH3 is 3. The maximum absolute atomic E-state index is 13.8. The van der Waals surface area contributed by atoms with Crippen LogP contribution in [0, 0.1) is 5.92 Å². The summed E-state index contributed by atoms with van der Waals surface area (Å²) in [6.45, 7) is 8.95. The van der Waals surface area contributed by atoms with E-state index in [9.17, 15) is 4.79 Å². The van der Waals surface area contributed by atoms with Gasteiger partial charge in [-0.2, -0.15) is 0 Å². The number of piperidine rings is 1. The first kappa shape index (κ1) is 27.6. The van der Waals surface area contributed by atoms with Crippen molar-refractivity contribution in [3.05, 3.63) is 59.2 Å². The van der Waals surface area contributed by atoms with Crippen LogP contribution in [0.25, 0.3) is 6.08 Å². The first-order valence-corrected chi connectivity index (χ1v) is 13.0. The number of hydrogen-bond acceptors (Lipinski definition) is 5. The molecule has 1 heterocycles. The van der Waals surface area contributed by atoms with E-state index in [1.165, 1.54) is 25.8 Å². The van der Waals surface area contributed by atoms with Crippen LogP contribution in [0.1, 0.15) is 55.5 Å². The van der Waals surface area contributed by atoms with Crippen molar-refractivity contribution in [2.45, 2.75) is 39.5 Å². The lowest BCUT2D eigenvalue weighted by atomic mass is 9.95. The lowest BCUT2D eigenvalue weighted by molar-refractivity contribution is 0.0757. The molecule has 36 heavy (non-hydrogen) atoms. The van der Waals surface area contributed by atoms with Gasteiger partial charge in [-0.25, -0.2) is 0 Å². The molecule has 2 aromatic carbocycles. The fourth-order valence-electron chi connectivity index (χ4n) is 4.99. The second-order valence-corrected chi connectivity index (χ2v) is 9.61. The van der Waals surface area contributed by atoms with Gasteiger partial charge < -0.3 is 24.0 Å². The Balaban J connectivity index is 1.79. The largest absolute Gasteiger partial charge is 0.493 e. The zero-order valence-corrected chi connectivity index (χ0v) is 22.6. The van der Waals surface area contributed by atoms with Gasteiger partial charge in [0, 0.05) is 25.2 Å². The van der Waals surface area contributed by atoms with E-state index in [0.29, 0.717) is 35.9 Å². The average molecular weight is 495 g/mol. The molecule has 0 N–H and O–H groups in total. The highest BCUT2D eigenvalue weighted by molar-refractivity contribution is 5.96. The summed E-state index contributed by atoms with van der Waals surface area (Å²) in [5.74, 6) is 2.21. The van der Waals surface area contributed by atoms with Crippen LogP contribution in [0.2, 0.25) is 0 Å². The van der Waals surface area contributed by atoms with Crippen molar-refractivity contribution in [1.29, 1.82) is 0 Å². The van der Waals surface area contributed by atoms with Gasteiger partial charge >= 0.3 is 0 Å². The Bertz CT molecular complexity index is 980. The Hall–Kier alpha value is -2.99. The fourth-order valence-corrected chi connectivity index (χ4v) is 4.99. The summed E-state index contributed by atoms with van der Waals surface area (Å²) >= 11 is 0. The van der Waals surface area contributed by atoms with Crippen molar-refractivity contribution in [1.82, 2.24) is 9.80 Å². The Morgan fingerprint density at radius 1 is 1.08 bits per heavy atom. The van der Waals surface area contributed by atoms with Crippen LogP contribution >= 0.6 is 0 Å². The quantitative estimate of drug-likeness (QED) is 0.375. The van der Waals surface area contributed by atoms with Gasteiger partial charge in [0.05, 0.1) is 21.3 Å². The molecule has 196 valence electrons. The molecule has 6 heteroatoms. The number of rotatable bonds is 12. The molecule has 0 aliphatic carbocycles. The van der Waals surface area contributed by atoms with E-state index in [1.54, 1.807) is 33.5 Å². The number of ether oxygens (including phenoxy) is 3. The molecular formula is C30H42N2O4. The van der Waals surface area contributed by atoms with Gasteiger partial charge in [-0.3, -0.25) is 4.79 Å². The SMILES string of the molecule is CCC1CCCN(CCCN(C/C(C)=C/c2ccccc2)C(=O)c2cc(OC)c(OC)c(OC)c2)C1. The Labute approximate surface area is 216 Å². The normalized spacial score (nSPS) is 16.5. The zero-order valence-electron chi connectivity index (χ0n) is 22.6. The van der Waals surface area contributed by atoms with Gasteiger partial charge in [0.2, 0.25) is 5.75 Å². The molecule has 0 bridgehead atoms. The van der Waals surface area contributed by atoms with Crippen LogP contribution in [-0.4, -0.2) is 69.8 Å². The summed E-state index contributed by atoms with van der Waals surface area (Å²) in [5, 5.41) is 0. The minimum Gasteiger partial charge on any atom is -0.493 e. The third-order valence-corrected chi connectivity index (χ3v) is 6.93. The maximum atomic E-state index is 13.8. The Morgan fingerprint density at radius 3 is 2.39 bits per heavy atom. The molecule has 1 fully saturated rings. The summed E-state index contributed by atoms with van der Waals surface area (Å²) < 4.78 is 16.4. The molecule has 6 nitrogen and oxygen atoms in total. The molecule has 1 amide bonds. The third-order valence-electron chi connectivity index (χ3n) is 6.93. The van der Waals surface area contributed by atoms with Crippen LogP contribution in [0.4, 0.5) is 0 Å². The van der Waals surface area contributed by atoms with Gasteiger partial charge in [0.15, 0.2) is 11.5 Å². The van der Waals surface area contributed by atoms with Crippen molar-refractivity contribution >= 4 is 12.0 Å². The van der Waals surface area contributed by atoms with Gasteiger partial charge in [0.25, 0.3) is 5.91 Å². The first-order chi connectivity index (χ1) is 17.5. The van der Waals surface area contributed by atoms with E-state index in [-0.39, 0.29) is 5.91 Å². The second-order valence-electron chi connectivity index (χ2n) is 9.61. The lowest BCUT2D eigenvalue weighted by Crippen LogP contribution is -2.39. The van der Waals surface area contributed by atoms with Gasteiger partial charge in [-0.1, -0.05) is 55.3 Å². The van der Waals surface area contributed by atoms with E-state index >= 15 is 0 Å². The molecule has 0 radical (unpaired) electrons.